The largest absolute Gasteiger partial charge is 0.412 e. The van der Waals surface area contributed by atoms with Crippen molar-refractivity contribution >= 4 is 15.3 Å². The molecule has 3 fully saturated rings. The third kappa shape index (κ3) is 6.05. The van der Waals surface area contributed by atoms with Crippen molar-refractivity contribution in [3.63, 3.8) is 0 Å². The van der Waals surface area contributed by atoms with Crippen LogP contribution < -0.4 is 0 Å². The molecule has 0 aromatic rings. The summed E-state index contributed by atoms with van der Waals surface area (Å²) in [6, 6.07) is 0. The summed E-state index contributed by atoms with van der Waals surface area (Å²) < 4.78 is 6.94. The summed E-state index contributed by atoms with van der Waals surface area (Å²) in [6.45, 7) is 23.1. The molecule has 3 saturated carbocycles. The average Bonchev–Trinajstić information content (AvgIpc) is 3.17. The van der Waals surface area contributed by atoms with Crippen molar-refractivity contribution in [1.82, 2.24) is 0 Å². The van der Waals surface area contributed by atoms with Crippen LogP contribution in [0.2, 0.25) is 10.6 Å². The standard InChI is InChI=1S/C35H61O3Si/c1-23(2)39(32(4,5)6)38-31-18-21-35(10)29(26(31)22-36)14-13-25-28-16-15-27(34(28,9)20-17-30(25)35)24(3)12-11-19-33(7,8)37/h14,22-28,30-31,37H,11-13,15-21H2,1-10H3/t24-,25+,26?,27-,28+,30+,31+,34-,35+/m1/s1. The smallest absolute Gasteiger partial charge is 0.220 e. The van der Waals surface area contributed by atoms with E-state index < -0.39 is 14.6 Å². The number of carbonyl (C=O) groups excluding carboxylic acids is 1. The number of fused-ring (bicyclic) bond motifs is 5. The van der Waals surface area contributed by atoms with Gasteiger partial charge in [-0.3, -0.25) is 0 Å². The Hall–Kier alpha value is -0.453. The fourth-order valence-electron chi connectivity index (χ4n) is 10.5. The first-order valence-corrected chi connectivity index (χ1v) is 17.9. The van der Waals surface area contributed by atoms with Crippen LogP contribution in [0.1, 0.15) is 133 Å². The van der Waals surface area contributed by atoms with Crippen molar-refractivity contribution in [2.24, 2.45) is 46.3 Å². The van der Waals surface area contributed by atoms with E-state index in [-0.39, 0.29) is 22.5 Å². The van der Waals surface area contributed by atoms with Crippen LogP contribution in [0, 0.1) is 46.3 Å². The van der Waals surface area contributed by atoms with E-state index >= 15 is 0 Å². The van der Waals surface area contributed by atoms with Crippen LogP contribution in [-0.4, -0.2) is 32.1 Å². The van der Waals surface area contributed by atoms with Crippen LogP contribution in [0.15, 0.2) is 11.6 Å². The Morgan fingerprint density at radius 3 is 2.33 bits per heavy atom. The predicted octanol–water partition coefficient (Wildman–Crippen LogP) is 9.15. The highest BCUT2D eigenvalue weighted by molar-refractivity contribution is 6.56. The number of aldehydes is 1. The quantitative estimate of drug-likeness (QED) is 0.175. The molecular formula is C35H61O3Si. The van der Waals surface area contributed by atoms with E-state index in [0.717, 1.165) is 49.4 Å². The van der Waals surface area contributed by atoms with Crippen LogP contribution in [0.3, 0.4) is 0 Å². The number of hydrogen-bond acceptors (Lipinski definition) is 3. The molecule has 3 nitrogen and oxygen atoms in total. The summed E-state index contributed by atoms with van der Waals surface area (Å²) in [6.07, 6.45) is 15.9. The van der Waals surface area contributed by atoms with Crippen LogP contribution in [-0.2, 0) is 9.22 Å². The third-order valence-electron chi connectivity index (χ3n) is 12.1. The van der Waals surface area contributed by atoms with Crippen molar-refractivity contribution in [3.8, 4) is 0 Å². The molecule has 4 rings (SSSR count). The fourth-order valence-corrected chi connectivity index (χ4v) is 13.4. The van der Waals surface area contributed by atoms with Gasteiger partial charge in [-0.15, -0.1) is 0 Å². The van der Waals surface area contributed by atoms with Gasteiger partial charge in [0, 0.05) is 0 Å². The minimum atomic E-state index is -1.05. The van der Waals surface area contributed by atoms with Gasteiger partial charge in [-0.25, -0.2) is 0 Å². The lowest BCUT2D eigenvalue weighted by Crippen LogP contribution is -2.54. The SMILES string of the molecule is CC(C)[Si](O[C@H]1CC[C@@]2(C)C(=CC[C@H]3[C@@H]4CC[C@H]([C@H](C)CCCC(C)(C)O)[C@@]4(C)CC[C@@H]32)C1C=O)C(C)(C)C. The summed E-state index contributed by atoms with van der Waals surface area (Å²) in [5.41, 5.74) is 2.02. The Morgan fingerprint density at radius 2 is 1.74 bits per heavy atom. The second-order valence-electron chi connectivity index (χ2n) is 16.7. The van der Waals surface area contributed by atoms with E-state index in [0.29, 0.717) is 16.9 Å². The zero-order valence-corrected chi connectivity index (χ0v) is 28.1. The van der Waals surface area contributed by atoms with Gasteiger partial charge in [0.1, 0.15) is 6.29 Å². The van der Waals surface area contributed by atoms with Gasteiger partial charge >= 0.3 is 0 Å². The lowest BCUT2D eigenvalue weighted by atomic mass is 9.46. The van der Waals surface area contributed by atoms with Crippen LogP contribution in [0.5, 0.6) is 0 Å². The molecule has 39 heavy (non-hydrogen) atoms. The molecule has 1 radical (unpaired) electrons. The van der Waals surface area contributed by atoms with Gasteiger partial charge in [0.05, 0.1) is 17.6 Å². The minimum Gasteiger partial charge on any atom is -0.412 e. The Kier molecular flexibility index (Phi) is 9.14. The molecule has 4 aliphatic rings. The van der Waals surface area contributed by atoms with Crippen molar-refractivity contribution in [1.29, 1.82) is 0 Å². The fraction of sp³-hybridized carbons (Fsp3) is 0.914. The summed E-state index contributed by atoms with van der Waals surface area (Å²) in [7, 11) is -1.05. The van der Waals surface area contributed by atoms with Crippen molar-refractivity contribution in [2.75, 3.05) is 0 Å². The third-order valence-corrected chi connectivity index (χ3v) is 15.2. The first-order valence-electron chi connectivity index (χ1n) is 16.4. The van der Waals surface area contributed by atoms with Crippen molar-refractivity contribution in [3.05, 3.63) is 11.6 Å². The number of aliphatic hydroxyl groups is 1. The molecule has 0 aliphatic heterocycles. The average molecular weight is 558 g/mol. The summed E-state index contributed by atoms with van der Waals surface area (Å²) in [5, 5.41) is 10.4. The summed E-state index contributed by atoms with van der Waals surface area (Å²) >= 11 is 0. The molecule has 0 saturated heterocycles. The molecule has 0 spiro atoms. The Labute approximate surface area is 243 Å². The molecule has 4 heteroatoms. The highest BCUT2D eigenvalue weighted by Gasteiger charge is 2.60. The zero-order chi connectivity index (χ0) is 29.0. The molecule has 0 bridgehead atoms. The maximum absolute atomic E-state index is 12.7. The van der Waals surface area contributed by atoms with Gasteiger partial charge in [-0.05, 0) is 116 Å². The maximum Gasteiger partial charge on any atom is 0.220 e. The Morgan fingerprint density at radius 1 is 1.05 bits per heavy atom. The first kappa shape index (κ1) is 31.5. The molecule has 0 amide bonds. The number of rotatable bonds is 9. The molecule has 0 heterocycles. The lowest BCUT2D eigenvalue weighted by molar-refractivity contribution is -0.116. The number of carbonyl (C=O) groups is 1. The Balaban J connectivity index is 1.51. The predicted molar refractivity (Wildman–Crippen MR) is 165 cm³/mol. The van der Waals surface area contributed by atoms with Gasteiger partial charge in [0.25, 0.3) is 0 Å². The van der Waals surface area contributed by atoms with Crippen molar-refractivity contribution in [2.45, 2.75) is 156 Å². The van der Waals surface area contributed by atoms with Gasteiger partial charge < -0.3 is 14.3 Å². The highest BCUT2D eigenvalue weighted by atomic mass is 28.3. The van der Waals surface area contributed by atoms with Crippen LogP contribution >= 0.6 is 0 Å². The monoisotopic (exact) mass is 557 g/mol. The van der Waals surface area contributed by atoms with E-state index in [9.17, 15) is 9.90 Å². The molecule has 0 aromatic heterocycles. The molecule has 9 atom stereocenters. The zero-order valence-electron chi connectivity index (χ0n) is 27.1. The van der Waals surface area contributed by atoms with E-state index in [1.807, 2.05) is 13.8 Å². The second kappa shape index (κ2) is 11.3. The number of allylic oxidation sites excluding steroid dienone is 1. The summed E-state index contributed by atoms with van der Waals surface area (Å²) in [4.78, 5) is 12.7. The van der Waals surface area contributed by atoms with Gasteiger partial charge in [0.15, 0.2) is 0 Å². The Bertz CT molecular complexity index is 897. The lowest BCUT2D eigenvalue weighted by Gasteiger charge is -2.59. The van der Waals surface area contributed by atoms with Crippen molar-refractivity contribution < 1.29 is 14.3 Å². The molecule has 4 aliphatic carbocycles. The van der Waals surface area contributed by atoms with Crippen LogP contribution in [0.25, 0.3) is 0 Å². The maximum atomic E-state index is 12.7. The normalized spacial score (nSPS) is 39.7. The first-order chi connectivity index (χ1) is 18.0. The molecule has 223 valence electrons. The molecular weight excluding hydrogens is 496 g/mol. The second-order valence-corrected chi connectivity index (χ2v) is 20.3. The van der Waals surface area contributed by atoms with E-state index in [1.165, 1.54) is 50.4 Å². The van der Waals surface area contributed by atoms with Crippen LogP contribution in [0.4, 0.5) is 0 Å². The van der Waals surface area contributed by atoms with Gasteiger partial charge in [-0.2, -0.15) is 0 Å². The molecule has 1 unspecified atom stereocenters. The topological polar surface area (TPSA) is 46.5 Å². The van der Waals surface area contributed by atoms with E-state index in [1.54, 1.807) is 0 Å². The highest BCUT2D eigenvalue weighted by Crippen LogP contribution is 2.68. The van der Waals surface area contributed by atoms with Gasteiger partial charge in [0.2, 0.25) is 9.04 Å². The number of hydrogen-bond donors (Lipinski definition) is 1. The van der Waals surface area contributed by atoms with Gasteiger partial charge in [-0.1, -0.05) is 79.9 Å². The van der Waals surface area contributed by atoms with E-state index in [2.05, 4.69) is 61.5 Å². The van der Waals surface area contributed by atoms with E-state index in [4.69, 9.17) is 4.43 Å². The molecule has 0 aromatic carbocycles. The minimum absolute atomic E-state index is 0.0587. The molecule has 1 N–H and O–H groups in total. The summed E-state index contributed by atoms with van der Waals surface area (Å²) in [5.74, 6) is 3.76.